The normalized spacial score (nSPS) is 17.4. The van der Waals surface area contributed by atoms with Crippen molar-refractivity contribution in [2.75, 3.05) is 13.7 Å². The topological polar surface area (TPSA) is 47.3 Å². The van der Waals surface area contributed by atoms with Gasteiger partial charge in [0.25, 0.3) is 0 Å². The summed E-state index contributed by atoms with van der Waals surface area (Å²) in [7, 11) is 1.75. The molecule has 1 aromatic carbocycles. The molecule has 3 N–H and O–H groups in total. The van der Waals surface area contributed by atoms with Crippen molar-refractivity contribution in [2.24, 2.45) is 17.7 Å². The van der Waals surface area contributed by atoms with Crippen molar-refractivity contribution in [2.45, 2.75) is 45.6 Å². The molecule has 0 amide bonds. The molecule has 0 aliphatic carbocycles. The highest BCUT2D eigenvalue weighted by Crippen LogP contribution is 2.33. The van der Waals surface area contributed by atoms with Crippen LogP contribution >= 0.6 is 0 Å². The SMILES string of the molecule is CCC(C)C(c1ccccc1)C(NN)C(C)CCOC. The fraction of sp³-hybridized carbons (Fsp3) is 0.647. The number of ether oxygens (including phenoxy) is 1. The molecule has 4 atom stereocenters. The largest absolute Gasteiger partial charge is 0.385 e. The van der Waals surface area contributed by atoms with Crippen LogP contribution in [0.5, 0.6) is 0 Å². The molecule has 0 aliphatic heterocycles. The standard InChI is InChI=1S/C17H30N2O/c1-5-13(2)16(15-9-7-6-8-10-15)17(19-18)14(3)11-12-20-4/h6-10,13-14,16-17,19H,5,11-12,18H2,1-4H3. The molecule has 0 heterocycles. The van der Waals surface area contributed by atoms with E-state index in [1.165, 1.54) is 5.56 Å². The molecule has 114 valence electrons. The summed E-state index contributed by atoms with van der Waals surface area (Å²) in [5.74, 6) is 7.37. The summed E-state index contributed by atoms with van der Waals surface area (Å²) in [5.41, 5.74) is 4.44. The highest BCUT2D eigenvalue weighted by molar-refractivity contribution is 5.22. The average molecular weight is 278 g/mol. The van der Waals surface area contributed by atoms with Crippen molar-refractivity contribution in [1.29, 1.82) is 0 Å². The van der Waals surface area contributed by atoms with Gasteiger partial charge in [-0.05, 0) is 23.8 Å². The zero-order chi connectivity index (χ0) is 15.0. The van der Waals surface area contributed by atoms with Crippen molar-refractivity contribution in [3.8, 4) is 0 Å². The van der Waals surface area contributed by atoms with Crippen LogP contribution in [-0.2, 0) is 4.74 Å². The average Bonchev–Trinajstić information content (AvgIpc) is 2.50. The highest BCUT2D eigenvalue weighted by atomic mass is 16.5. The van der Waals surface area contributed by atoms with Crippen LogP contribution in [0.2, 0.25) is 0 Å². The van der Waals surface area contributed by atoms with Crippen molar-refractivity contribution >= 4 is 0 Å². The quantitative estimate of drug-likeness (QED) is 0.538. The molecule has 3 heteroatoms. The Bertz CT molecular complexity index is 355. The monoisotopic (exact) mass is 278 g/mol. The summed E-state index contributed by atoms with van der Waals surface area (Å²) < 4.78 is 5.21. The number of nitrogens with one attached hydrogen (secondary N) is 1. The smallest absolute Gasteiger partial charge is 0.0465 e. The first-order chi connectivity index (χ1) is 9.65. The Hall–Kier alpha value is -0.900. The summed E-state index contributed by atoms with van der Waals surface area (Å²) in [6.45, 7) is 7.59. The molecular weight excluding hydrogens is 248 g/mol. The number of hydrogen-bond donors (Lipinski definition) is 2. The van der Waals surface area contributed by atoms with Crippen LogP contribution in [0.25, 0.3) is 0 Å². The minimum absolute atomic E-state index is 0.266. The van der Waals surface area contributed by atoms with E-state index in [2.05, 4.69) is 56.5 Å². The van der Waals surface area contributed by atoms with Gasteiger partial charge in [-0.1, -0.05) is 57.5 Å². The van der Waals surface area contributed by atoms with E-state index in [1.807, 2.05) is 0 Å². The molecule has 0 fully saturated rings. The van der Waals surface area contributed by atoms with Crippen molar-refractivity contribution in [3.05, 3.63) is 35.9 Å². The lowest BCUT2D eigenvalue weighted by Gasteiger charge is -2.35. The van der Waals surface area contributed by atoms with Gasteiger partial charge in [0.05, 0.1) is 0 Å². The Balaban J connectivity index is 2.95. The van der Waals surface area contributed by atoms with Crippen molar-refractivity contribution in [1.82, 2.24) is 5.43 Å². The number of rotatable bonds is 9. The third-order valence-corrected chi connectivity index (χ3v) is 4.41. The van der Waals surface area contributed by atoms with E-state index in [0.717, 1.165) is 19.4 Å². The molecule has 3 nitrogen and oxygen atoms in total. The van der Waals surface area contributed by atoms with Crippen LogP contribution in [0.15, 0.2) is 30.3 Å². The Morgan fingerprint density at radius 3 is 2.30 bits per heavy atom. The second-order valence-corrected chi connectivity index (χ2v) is 5.77. The van der Waals surface area contributed by atoms with E-state index in [-0.39, 0.29) is 6.04 Å². The van der Waals surface area contributed by atoms with Gasteiger partial charge in [-0.15, -0.1) is 0 Å². The summed E-state index contributed by atoms with van der Waals surface area (Å²) in [5, 5.41) is 0. The Morgan fingerprint density at radius 2 is 1.80 bits per heavy atom. The maximum absolute atomic E-state index is 5.89. The maximum Gasteiger partial charge on any atom is 0.0465 e. The Labute approximate surface area is 123 Å². The lowest BCUT2D eigenvalue weighted by molar-refractivity contribution is 0.159. The molecule has 20 heavy (non-hydrogen) atoms. The van der Waals surface area contributed by atoms with E-state index in [9.17, 15) is 0 Å². The molecule has 0 saturated heterocycles. The molecule has 1 rings (SSSR count). The molecular formula is C17H30N2O. The molecule has 0 saturated carbocycles. The molecule has 0 radical (unpaired) electrons. The molecule has 4 unspecified atom stereocenters. The van der Waals surface area contributed by atoms with Crippen LogP contribution < -0.4 is 11.3 Å². The van der Waals surface area contributed by atoms with Crippen LogP contribution in [-0.4, -0.2) is 19.8 Å². The molecule has 1 aromatic rings. The zero-order valence-electron chi connectivity index (χ0n) is 13.3. The molecule has 0 bridgehead atoms. The van der Waals surface area contributed by atoms with Gasteiger partial charge in [-0.25, -0.2) is 0 Å². The van der Waals surface area contributed by atoms with Gasteiger partial charge < -0.3 is 4.74 Å². The molecule has 0 aromatic heterocycles. The first-order valence-corrected chi connectivity index (χ1v) is 7.65. The van der Waals surface area contributed by atoms with Crippen LogP contribution in [0.1, 0.15) is 45.1 Å². The van der Waals surface area contributed by atoms with Crippen LogP contribution in [0.3, 0.4) is 0 Å². The van der Waals surface area contributed by atoms with Gasteiger partial charge in [0.2, 0.25) is 0 Å². The highest BCUT2D eigenvalue weighted by Gasteiger charge is 2.30. The van der Waals surface area contributed by atoms with Crippen molar-refractivity contribution < 1.29 is 4.74 Å². The lowest BCUT2D eigenvalue weighted by atomic mass is 9.75. The number of nitrogens with two attached hydrogens (primary N) is 1. The Morgan fingerprint density at radius 1 is 1.15 bits per heavy atom. The number of methoxy groups -OCH3 is 1. The second-order valence-electron chi connectivity index (χ2n) is 5.77. The summed E-state index contributed by atoms with van der Waals surface area (Å²) >= 11 is 0. The first kappa shape index (κ1) is 17.2. The van der Waals surface area contributed by atoms with Crippen LogP contribution in [0.4, 0.5) is 0 Å². The van der Waals surface area contributed by atoms with E-state index in [1.54, 1.807) is 7.11 Å². The lowest BCUT2D eigenvalue weighted by Crippen LogP contribution is -2.46. The van der Waals surface area contributed by atoms with Crippen molar-refractivity contribution in [3.63, 3.8) is 0 Å². The summed E-state index contributed by atoms with van der Waals surface area (Å²) in [6.07, 6.45) is 2.17. The summed E-state index contributed by atoms with van der Waals surface area (Å²) in [6, 6.07) is 11.0. The predicted molar refractivity (Wildman–Crippen MR) is 85.4 cm³/mol. The van der Waals surface area contributed by atoms with E-state index in [4.69, 9.17) is 10.6 Å². The number of hydrogen-bond acceptors (Lipinski definition) is 3. The predicted octanol–water partition coefficient (Wildman–Crippen LogP) is 3.32. The van der Waals surface area contributed by atoms with Gasteiger partial charge in [0.1, 0.15) is 0 Å². The second kappa shape index (κ2) is 9.11. The van der Waals surface area contributed by atoms with Gasteiger partial charge >= 0.3 is 0 Å². The zero-order valence-corrected chi connectivity index (χ0v) is 13.3. The molecule has 0 spiro atoms. The number of benzene rings is 1. The minimum Gasteiger partial charge on any atom is -0.385 e. The summed E-state index contributed by atoms with van der Waals surface area (Å²) in [4.78, 5) is 0. The minimum atomic E-state index is 0.266. The van der Waals surface area contributed by atoms with E-state index in [0.29, 0.717) is 17.8 Å². The third-order valence-electron chi connectivity index (χ3n) is 4.41. The van der Waals surface area contributed by atoms with Gasteiger partial charge in [-0.3, -0.25) is 11.3 Å². The molecule has 0 aliphatic rings. The van der Waals surface area contributed by atoms with E-state index < -0.39 is 0 Å². The van der Waals surface area contributed by atoms with E-state index >= 15 is 0 Å². The third kappa shape index (κ3) is 4.58. The number of hydrazine groups is 1. The fourth-order valence-corrected chi connectivity index (χ4v) is 2.92. The van der Waals surface area contributed by atoms with Gasteiger partial charge in [0, 0.05) is 25.7 Å². The first-order valence-electron chi connectivity index (χ1n) is 7.65. The van der Waals surface area contributed by atoms with Gasteiger partial charge in [0.15, 0.2) is 0 Å². The maximum atomic E-state index is 5.89. The fourth-order valence-electron chi connectivity index (χ4n) is 2.92. The van der Waals surface area contributed by atoms with Crippen LogP contribution in [0, 0.1) is 11.8 Å². The van der Waals surface area contributed by atoms with Gasteiger partial charge in [-0.2, -0.15) is 0 Å². The Kier molecular flexibility index (Phi) is 7.82.